The second-order valence-corrected chi connectivity index (χ2v) is 3.95. The van der Waals surface area contributed by atoms with Crippen molar-refractivity contribution in [3.63, 3.8) is 0 Å². The van der Waals surface area contributed by atoms with Crippen molar-refractivity contribution in [2.24, 2.45) is 0 Å². The molecule has 0 fully saturated rings. The molecule has 0 aliphatic carbocycles. The summed E-state index contributed by atoms with van der Waals surface area (Å²) in [6, 6.07) is 9.62. The van der Waals surface area contributed by atoms with Crippen LogP contribution in [0.2, 0.25) is 5.02 Å². The zero-order chi connectivity index (χ0) is 11.5. The number of nitrogens with zero attached hydrogens (tertiary/aromatic N) is 1. The minimum Gasteiger partial charge on any atom is -0.250 e. The molecule has 0 N–H and O–H groups in total. The molecular weight excluding hydrogens is 248 g/mol. The fourth-order valence-electron chi connectivity index (χ4n) is 1.40. The normalized spacial score (nSPS) is 10.4. The third kappa shape index (κ3) is 2.34. The fraction of sp³-hybridized carbons (Fsp3) is 0.0833. The minimum absolute atomic E-state index is 0.305. The first-order valence-corrected chi connectivity index (χ1v) is 5.59. The van der Waals surface area contributed by atoms with Crippen LogP contribution in [0.1, 0.15) is 5.69 Å². The Labute approximate surface area is 103 Å². The number of aromatic nitrogens is 1. The molecule has 2 rings (SSSR count). The maximum absolute atomic E-state index is 13.1. The number of hydrogen-bond donors (Lipinski definition) is 0. The molecule has 0 radical (unpaired) electrons. The van der Waals surface area contributed by atoms with Gasteiger partial charge in [-0.1, -0.05) is 23.7 Å². The monoisotopic (exact) mass is 255 g/mol. The predicted molar refractivity (Wildman–Crippen MR) is 64.2 cm³/mol. The molecule has 4 heteroatoms. The van der Waals surface area contributed by atoms with E-state index in [1.807, 2.05) is 0 Å². The van der Waals surface area contributed by atoms with Gasteiger partial charge in [0, 0.05) is 5.56 Å². The van der Waals surface area contributed by atoms with Crippen LogP contribution in [0.4, 0.5) is 4.39 Å². The maximum atomic E-state index is 13.1. The first kappa shape index (κ1) is 11.4. The molecule has 16 heavy (non-hydrogen) atoms. The largest absolute Gasteiger partial charge is 0.250 e. The molecule has 0 atom stereocenters. The van der Waals surface area contributed by atoms with Gasteiger partial charge in [-0.05, 0) is 24.3 Å². The quantitative estimate of drug-likeness (QED) is 0.731. The Hall–Kier alpha value is -1.12. The molecule has 1 heterocycles. The summed E-state index contributed by atoms with van der Waals surface area (Å²) in [4.78, 5) is 4.27. The van der Waals surface area contributed by atoms with Gasteiger partial charge in [-0.2, -0.15) is 0 Å². The Kier molecular flexibility index (Phi) is 3.42. The molecule has 0 aliphatic rings. The van der Waals surface area contributed by atoms with Gasteiger partial charge >= 0.3 is 0 Å². The molecule has 1 nitrogen and oxygen atoms in total. The third-order valence-electron chi connectivity index (χ3n) is 2.14. The van der Waals surface area contributed by atoms with Crippen LogP contribution in [0.5, 0.6) is 0 Å². The van der Waals surface area contributed by atoms with Gasteiger partial charge in [0.05, 0.1) is 22.3 Å². The number of alkyl halides is 1. The fourth-order valence-corrected chi connectivity index (χ4v) is 1.76. The summed E-state index contributed by atoms with van der Waals surface area (Å²) < 4.78 is 13.1. The van der Waals surface area contributed by atoms with E-state index in [4.69, 9.17) is 23.2 Å². The Balaban J connectivity index is 2.54. The molecule has 0 unspecified atom stereocenters. The van der Waals surface area contributed by atoms with Crippen molar-refractivity contribution in [2.45, 2.75) is 5.88 Å². The second-order valence-electron chi connectivity index (χ2n) is 3.28. The summed E-state index contributed by atoms with van der Waals surface area (Å²) >= 11 is 11.7. The lowest BCUT2D eigenvalue weighted by Crippen LogP contribution is -1.91. The highest BCUT2D eigenvalue weighted by Crippen LogP contribution is 2.26. The van der Waals surface area contributed by atoms with Crippen molar-refractivity contribution in [1.82, 2.24) is 4.98 Å². The second kappa shape index (κ2) is 4.81. The number of rotatable bonds is 2. The standard InChI is InChI=1S/C12H8Cl2FN/c13-7-10-4-5-11(14)12(16-10)8-2-1-3-9(15)6-8/h1-6H,7H2. The molecule has 2 aromatic rings. The molecule has 0 saturated carbocycles. The van der Waals surface area contributed by atoms with Gasteiger partial charge in [-0.15, -0.1) is 11.6 Å². The van der Waals surface area contributed by atoms with E-state index in [-0.39, 0.29) is 5.82 Å². The van der Waals surface area contributed by atoms with E-state index in [0.717, 1.165) is 0 Å². The van der Waals surface area contributed by atoms with E-state index in [2.05, 4.69) is 4.98 Å². The van der Waals surface area contributed by atoms with Crippen molar-refractivity contribution in [2.75, 3.05) is 0 Å². The molecule has 82 valence electrons. The zero-order valence-electron chi connectivity index (χ0n) is 8.25. The van der Waals surface area contributed by atoms with Gasteiger partial charge < -0.3 is 0 Å². The SMILES string of the molecule is Fc1cccc(-c2nc(CCl)ccc2Cl)c1. The van der Waals surface area contributed by atoms with Crippen LogP contribution in [0.25, 0.3) is 11.3 Å². The van der Waals surface area contributed by atoms with E-state index in [1.165, 1.54) is 12.1 Å². The lowest BCUT2D eigenvalue weighted by molar-refractivity contribution is 0.628. The van der Waals surface area contributed by atoms with E-state index in [9.17, 15) is 4.39 Å². The Morgan fingerprint density at radius 3 is 2.69 bits per heavy atom. The van der Waals surface area contributed by atoms with Gasteiger partial charge in [0.25, 0.3) is 0 Å². The van der Waals surface area contributed by atoms with Crippen LogP contribution >= 0.6 is 23.2 Å². The minimum atomic E-state index is -0.313. The van der Waals surface area contributed by atoms with E-state index in [1.54, 1.807) is 24.3 Å². The predicted octanol–water partition coefficient (Wildman–Crippen LogP) is 4.28. The average molecular weight is 256 g/mol. The van der Waals surface area contributed by atoms with Gasteiger partial charge in [-0.3, -0.25) is 0 Å². The van der Waals surface area contributed by atoms with Crippen molar-refractivity contribution in [1.29, 1.82) is 0 Å². The topological polar surface area (TPSA) is 12.9 Å². The van der Waals surface area contributed by atoms with Crippen LogP contribution in [-0.4, -0.2) is 4.98 Å². The Morgan fingerprint density at radius 1 is 1.19 bits per heavy atom. The highest BCUT2D eigenvalue weighted by atomic mass is 35.5. The van der Waals surface area contributed by atoms with Crippen molar-refractivity contribution in [3.8, 4) is 11.3 Å². The maximum Gasteiger partial charge on any atom is 0.123 e. The molecule has 0 bridgehead atoms. The molecule has 0 saturated heterocycles. The smallest absolute Gasteiger partial charge is 0.123 e. The molecule has 0 spiro atoms. The van der Waals surface area contributed by atoms with Crippen molar-refractivity contribution < 1.29 is 4.39 Å². The van der Waals surface area contributed by atoms with Crippen molar-refractivity contribution >= 4 is 23.2 Å². The first-order chi connectivity index (χ1) is 7.70. The lowest BCUT2D eigenvalue weighted by atomic mass is 10.1. The third-order valence-corrected chi connectivity index (χ3v) is 2.72. The number of benzene rings is 1. The van der Waals surface area contributed by atoms with E-state index >= 15 is 0 Å². The number of halogens is 3. The van der Waals surface area contributed by atoms with Gasteiger partial charge in [0.15, 0.2) is 0 Å². The molecular formula is C12H8Cl2FN. The summed E-state index contributed by atoms with van der Waals surface area (Å²) in [6.45, 7) is 0. The van der Waals surface area contributed by atoms with Crippen molar-refractivity contribution in [3.05, 3.63) is 52.9 Å². The van der Waals surface area contributed by atoms with E-state index in [0.29, 0.717) is 27.9 Å². The van der Waals surface area contributed by atoms with Crippen LogP contribution < -0.4 is 0 Å². The zero-order valence-corrected chi connectivity index (χ0v) is 9.76. The number of pyridine rings is 1. The summed E-state index contributed by atoms with van der Waals surface area (Å²) in [5.41, 5.74) is 1.92. The van der Waals surface area contributed by atoms with Crippen LogP contribution in [-0.2, 0) is 5.88 Å². The summed E-state index contributed by atoms with van der Waals surface area (Å²) in [5.74, 6) is -0.00825. The lowest BCUT2D eigenvalue weighted by Gasteiger charge is -2.05. The van der Waals surface area contributed by atoms with E-state index < -0.39 is 0 Å². The summed E-state index contributed by atoms with van der Waals surface area (Å²) in [5, 5.41) is 0.486. The molecule has 0 aliphatic heterocycles. The van der Waals surface area contributed by atoms with Gasteiger partial charge in [0.2, 0.25) is 0 Å². The highest BCUT2D eigenvalue weighted by molar-refractivity contribution is 6.33. The van der Waals surface area contributed by atoms with Crippen LogP contribution in [0, 0.1) is 5.82 Å². The van der Waals surface area contributed by atoms with Crippen LogP contribution in [0.3, 0.4) is 0 Å². The Morgan fingerprint density at radius 2 is 2.00 bits per heavy atom. The summed E-state index contributed by atoms with van der Waals surface area (Å²) in [7, 11) is 0. The molecule has 1 aromatic carbocycles. The summed E-state index contributed by atoms with van der Waals surface area (Å²) in [6.07, 6.45) is 0. The first-order valence-electron chi connectivity index (χ1n) is 4.68. The average Bonchev–Trinajstić information content (AvgIpc) is 2.30. The molecule has 1 aromatic heterocycles. The molecule has 0 amide bonds. The Bertz CT molecular complexity index is 514. The van der Waals surface area contributed by atoms with Crippen LogP contribution in [0.15, 0.2) is 36.4 Å². The number of hydrogen-bond acceptors (Lipinski definition) is 1. The van der Waals surface area contributed by atoms with Gasteiger partial charge in [-0.25, -0.2) is 9.37 Å². The highest BCUT2D eigenvalue weighted by Gasteiger charge is 2.07. The van der Waals surface area contributed by atoms with Gasteiger partial charge in [0.1, 0.15) is 5.82 Å².